The molecular formula is C15H21O4. The van der Waals surface area contributed by atoms with Crippen LogP contribution in [0.25, 0.3) is 0 Å². The van der Waals surface area contributed by atoms with E-state index in [0.29, 0.717) is 12.0 Å². The molecular weight excluding hydrogens is 244 g/mol. The van der Waals surface area contributed by atoms with Gasteiger partial charge in [-0.15, -0.1) is 0 Å². The van der Waals surface area contributed by atoms with E-state index >= 15 is 0 Å². The second-order valence-corrected chi connectivity index (χ2v) is 4.69. The third kappa shape index (κ3) is 4.65. The number of ether oxygens (including phenoxy) is 1. The molecule has 0 bridgehead atoms. The van der Waals surface area contributed by atoms with Gasteiger partial charge in [-0.25, -0.2) is 4.79 Å². The van der Waals surface area contributed by atoms with Crippen LogP contribution in [0.5, 0.6) is 0 Å². The first-order chi connectivity index (χ1) is 8.95. The molecule has 0 aliphatic rings. The molecule has 0 aliphatic carbocycles. The van der Waals surface area contributed by atoms with Gasteiger partial charge in [0.05, 0.1) is 11.7 Å². The Bertz CT molecular complexity index is 417. The number of rotatable bonds is 6. The summed E-state index contributed by atoms with van der Waals surface area (Å²) in [5.41, 5.74) is 3.44. The summed E-state index contributed by atoms with van der Waals surface area (Å²) in [5, 5.41) is 0. The van der Waals surface area contributed by atoms with Crippen LogP contribution < -0.4 is 0 Å². The number of carbonyl (C=O) groups is 1. The van der Waals surface area contributed by atoms with E-state index < -0.39 is 5.97 Å². The van der Waals surface area contributed by atoms with E-state index in [0.717, 1.165) is 16.7 Å². The lowest BCUT2D eigenvalue weighted by molar-refractivity contribution is -0.215. The molecule has 1 unspecified atom stereocenters. The van der Waals surface area contributed by atoms with Gasteiger partial charge in [0.2, 0.25) is 0 Å². The highest BCUT2D eigenvalue weighted by atomic mass is 17.2. The zero-order valence-corrected chi connectivity index (χ0v) is 12.1. The van der Waals surface area contributed by atoms with Gasteiger partial charge in [-0.2, -0.15) is 4.89 Å². The van der Waals surface area contributed by atoms with Crippen molar-refractivity contribution < 1.29 is 19.3 Å². The van der Waals surface area contributed by atoms with Crippen molar-refractivity contribution in [3.63, 3.8) is 0 Å². The summed E-state index contributed by atoms with van der Waals surface area (Å²) >= 11 is 0. The summed E-state index contributed by atoms with van der Waals surface area (Å²) in [6.45, 7) is 9.08. The Morgan fingerprint density at radius 3 is 2.37 bits per heavy atom. The zero-order valence-electron chi connectivity index (χ0n) is 12.1. The van der Waals surface area contributed by atoms with Crippen molar-refractivity contribution in [2.75, 3.05) is 7.11 Å². The van der Waals surface area contributed by atoms with Crippen LogP contribution in [0.1, 0.15) is 40.4 Å². The monoisotopic (exact) mass is 265 g/mol. The first-order valence-corrected chi connectivity index (χ1v) is 6.25. The number of benzene rings is 1. The fraction of sp³-hybridized carbons (Fsp3) is 0.467. The minimum Gasteiger partial charge on any atom is -0.382 e. The Morgan fingerprint density at radius 2 is 1.84 bits per heavy atom. The molecule has 4 nitrogen and oxygen atoms in total. The molecule has 0 saturated carbocycles. The number of aryl methyl sites for hydroxylation is 3. The third-order valence-corrected chi connectivity index (χ3v) is 2.90. The van der Waals surface area contributed by atoms with Gasteiger partial charge in [-0.1, -0.05) is 17.7 Å². The molecule has 1 atom stereocenters. The zero-order chi connectivity index (χ0) is 14.4. The Hall–Kier alpha value is -1.39. The molecule has 0 saturated heterocycles. The quantitative estimate of drug-likeness (QED) is 0.450. The summed E-state index contributed by atoms with van der Waals surface area (Å²) in [4.78, 5) is 21.5. The van der Waals surface area contributed by atoms with Gasteiger partial charge in [0.25, 0.3) is 0 Å². The van der Waals surface area contributed by atoms with Crippen LogP contribution in [0.15, 0.2) is 12.1 Å². The Morgan fingerprint density at radius 1 is 1.26 bits per heavy atom. The lowest BCUT2D eigenvalue weighted by atomic mass is 10.0. The number of hydrogen-bond acceptors (Lipinski definition) is 4. The molecule has 0 spiro atoms. The maximum absolute atomic E-state index is 11.9. The Kier molecular flexibility index (Phi) is 5.99. The summed E-state index contributed by atoms with van der Waals surface area (Å²) in [6, 6.07) is 3.89. The van der Waals surface area contributed by atoms with E-state index in [-0.39, 0.29) is 6.10 Å². The molecule has 1 rings (SSSR count). The molecule has 0 fully saturated rings. The van der Waals surface area contributed by atoms with E-state index in [2.05, 4.69) is 0 Å². The SMILES string of the molecule is COC(C)C[CH]OOC(=O)c1c(C)cc(C)cc1C. The first-order valence-electron chi connectivity index (χ1n) is 6.25. The average Bonchev–Trinajstić information content (AvgIpc) is 2.33. The van der Waals surface area contributed by atoms with Gasteiger partial charge in [-0.05, 0) is 38.8 Å². The van der Waals surface area contributed by atoms with E-state index in [1.165, 1.54) is 6.61 Å². The fourth-order valence-electron chi connectivity index (χ4n) is 1.89. The van der Waals surface area contributed by atoms with Crippen molar-refractivity contribution in [2.45, 2.75) is 40.2 Å². The first kappa shape index (κ1) is 15.7. The van der Waals surface area contributed by atoms with E-state index in [1.807, 2.05) is 39.8 Å². The number of hydrogen-bond donors (Lipinski definition) is 0. The summed E-state index contributed by atoms with van der Waals surface area (Å²) in [6.07, 6.45) is 0.580. The predicted octanol–water partition coefficient (Wildman–Crippen LogP) is 3.29. The lowest BCUT2D eigenvalue weighted by Gasteiger charge is -2.11. The summed E-state index contributed by atoms with van der Waals surface area (Å²) < 4.78 is 5.04. The van der Waals surface area contributed by atoms with Crippen LogP contribution in [0, 0.1) is 27.4 Å². The fourth-order valence-corrected chi connectivity index (χ4v) is 1.89. The van der Waals surface area contributed by atoms with Gasteiger partial charge in [0.15, 0.2) is 0 Å². The van der Waals surface area contributed by atoms with Crippen LogP contribution in [-0.4, -0.2) is 19.2 Å². The van der Waals surface area contributed by atoms with Gasteiger partial charge in [-0.3, -0.25) is 4.89 Å². The maximum Gasteiger partial charge on any atom is 0.373 e. The molecule has 0 amide bonds. The van der Waals surface area contributed by atoms with Crippen LogP contribution >= 0.6 is 0 Å². The largest absolute Gasteiger partial charge is 0.382 e. The molecule has 0 N–H and O–H groups in total. The maximum atomic E-state index is 11.9. The lowest BCUT2D eigenvalue weighted by Crippen LogP contribution is -2.11. The van der Waals surface area contributed by atoms with Crippen molar-refractivity contribution in [2.24, 2.45) is 0 Å². The van der Waals surface area contributed by atoms with E-state index in [1.54, 1.807) is 7.11 Å². The highest BCUT2D eigenvalue weighted by Gasteiger charge is 2.15. The highest BCUT2D eigenvalue weighted by Crippen LogP contribution is 2.17. The Labute approximate surface area is 114 Å². The molecule has 4 heteroatoms. The molecule has 1 aromatic rings. The normalized spacial score (nSPS) is 12.3. The van der Waals surface area contributed by atoms with Gasteiger partial charge in [0, 0.05) is 13.5 Å². The molecule has 0 aliphatic heterocycles. The predicted molar refractivity (Wildman–Crippen MR) is 72.5 cm³/mol. The van der Waals surface area contributed by atoms with Crippen molar-refractivity contribution in [3.05, 3.63) is 41.0 Å². The van der Waals surface area contributed by atoms with Crippen LogP contribution in [-0.2, 0) is 14.5 Å². The average molecular weight is 265 g/mol. The summed E-state index contributed by atoms with van der Waals surface area (Å²) in [5.74, 6) is -0.476. The molecule has 1 aromatic carbocycles. The Balaban J connectivity index is 2.55. The van der Waals surface area contributed by atoms with Crippen molar-refractivity contribution in [1.82, 2.24) is 0 Å². The molecule has 105 valence electrons. The van der Waals surface area contributed by atoms with E-state index in [9.17, 15) is 4.79 Å². The molecule has 0 heterocycles. The van der Waals surface area contributed by atoms with Crippen molar-refractivity contribution in [3.8, 4) is 0 Å². The van der Waals surface area contributed by atoms with Crippen LogP contribution in [0.4, 0.5) is 0 Å². The second kappa shape index (κ2) is 7.26. The van der Waals surface area contributed by atoms with Crippen molar-refractivity contribution >= 4 is 5.97 Å². The van der Waals surface area contributed by atoms with E-state index in [4.69, 9.17) is 14.5 Å². The third-order valence-electron chi connectivity index (χ3n) is 2.90. The topological polar surface area (TPSA) is 44.8 Å². The van der Waals surface area contributed by atoms with Crippen molar-refractivity contribution in [1.29, 1.82) is 0 Å². The molecule has 19 heavy (non-hydrogen) atoms. The standard InChI is InChI=1S/C15H21O4/c1-10-8-11(2)14(12(3)9-10)15(16)19-18-7-6-13(4)17-5/h7-9,13H,6H2,1-5H3. The molecule has 1 radical (unpaired) electrons. The molecule has 0 aromatic heterocycles. The minimum atomic E-state index is -0.476. The van der Waals surface area contributed by atoms with Gasteiger partial charge in [0.1, 0.15) is 6.61 Å². The minimum absolute atomic E-state index is 0.0292. The smallest absolute Gasteiger partial charge is 0.373 e. The highest BCUT2D eigenvalue weighted by molar-refractivity contribution is 5.92. The number of carbonyl (C=O) groups excluding carboxylic acids is 1. The summed E-state index contributed by atoms with van der Waals surface area (Å²) in [7, 11) is 1.61. The number of methoxy groups -OCH3 is 1. The second-order valence-electron chi connectivity index (χ2n) is 4.69. The van der Waals surface area contributed by atoms with Crippen LogP contribution in [0.3, 0.4) is 0 Å². The van der Waals surface area contributed by atoms with Gasteiger partial charge < -0.3 is 4.74 Å². The van der Waals surface area contributed by atoms with Gasteiger partial charge >= 0.3 is 5.97 Å². The van der Waals surface area contributed by atoms with Crippen LogP contribution in [0.2, 0.25) is 0 Å².